The van der Waals surface area contributed by atoms with Gasteiger partial charge in [-0.1, -0.05) is 23.4 Å². The van der Waals surface area contributed by atoms with Crippen LogP contribution in [0.5, 0.6) is 0 Å². The highest BCUT2D eigenvalue weighted by molar-refractivity contribution is 5.46. The van der Waals surface area contributed by atoms with E-state index < -0.39 is 0 Å². The highest BCUT2D eigenvalue weighted by Crippen LogP contribution is 2.15. The zero-order valence-corrected chi connectivity index (χ0v) is 13.6. The Morgan fingerprint density at radius 1 is 1.00 bits per heavy atom. The van der Waals surface area contributed by atoms with Crippen molar-refractivity contribution in [1.29, 1.82) is 0 Å². The lowest BCUT2D eigenvalue weighted by molar-refractivity contribution is 0.109. The maximum Gasteiger partial charge on any atom is 0.124 e. The van der Waals surface area contributed by atoms with E-state index in [9.17, 15) is 0 Å². The van der Waals surface area contributed by atoms with Crippen LogP contribution in [0.25, 0.3) is 0 Å². The van der Waals surface area contributed by atoms with Crippen LogP contribution in [0.1, 0.15) is 18.5 Å². The summed E-state index contributed by atoms with van der Waals surface area (Å²) in [6.07, 6.45) is 3.86. The molecule has 0 spiro atoms. The highest BCUT2D eigenvalue weighted by Gasteiger charge is 2.16. The van der Waals surface area contributed by atoms with Crippen molar-refractivity contribution in [3.8, 4) is 0 Å². The number of rotatable bonds is 8. The van der Waals surface area contributed by atoms with Crippen LogP contribution in [0.4, 0.5) is 5.69 Å². The van der Waals surface area contributed by atoms with Crippen molar-refractivity contribution >= 4 is 5.69 Å². The van der Waals surface area contributed by atoms with Gasteiger partial charge in [-0.05, 0) is 31.5 Å². The van der Waals surface area contributed by atoms with Crippen LogP contribution in [-0.4, -0.2) is 49.4 Å². The molecule has 2 aromatic rings. The summed E-state index contributed by atoms with van der Waals surface area (Å²) >= 11 is 0. The molecule has 23 heavy (non-hydrogen) atoms. The summed E-state index contributed by atoms with van der Waals surface area (Å²) in [5.74, 6) is 0. The first-order valence-electron chi connectivity index (χ1n) is 8.41. The predicted molar refractivity (Wildman–Crippen MR) is 90.5 cm³/mol. The highest BCUT2D eigenvalue weighted by atomic mass is 16.5. The summed E-state index contributed by atoms with van der Waals surface area (Å²) < 4.78 is 10.4. The molecule has 0 unspecified atom stereocenters. The summed E-state index contributed by atoms with van der Waals surface area (Å²) in [6.45, 7) is 7.03. The second-order valence-corrected chi connectivity index (χ2v) is 5.91. The van der Waals surface area contributed by atoms with Crippen LogP contribution in [0.3, 0.4) is 0 Å². The second kappa shape index (κ2) is 8.70. The van der Waals surface area contributed by atoms with Crippen molar-refractivity contribution in [3.63, 3.8) is 0 Å². The quantitative estimate of drug-likeness (QED) is 0.701. The molecule has 1 saturated heterocycles. The fourth-order valence-electron chi connectivity index (χ4n) is 2.90. The fraction of sp³-hybridized carbons (Fsp3) is 0.500. The van der Waals surface area contributed by atoms with Gasteiger partial charge >= 0.3 is 0 Å². The van der Waals surface area contributed by atoms with Gasteiger partial charge in [0.15, 0.2) is 0 Å². The standard InChI is InChI=1S/C18H25N3O2/c1-2-6-18(7-3-1)21-12-10-20(11-13-21)9-4-5-14-22-16-17-8-15-23-19-17/h1-3,6-8,15H,4-5,9-14,16H2. The van der Waals surface area contributed by atoms with Gasteiger partial charge in [-0.25, -0.2) is 0 Å². The molecule has 0 saturated carbocycles. The molecule has 0 amide bonds. The molecule has 5 heteroatoms. The second-order valence-electron chi connectivity index (χ2n) is 5.91. The first-order valence-corrected chi connectivity index (χ1v) is 8.41. The summed E-state index contributed by atoms with van der Waals surface area (Å²) in [5.41, 5.74) is 2.20. The maximum atomic E-state index is 5.59. The monoisotopic (exact) mass is 315 g/mol. The number of aromatic nitrogens is 1. The van der Waals surface area contributed by atoms with Crippen LogP contribution >= 0.6 is 0 Å². The zero-order valence-electron chi connectivity index (χ0n) is 13.6. The van der Waals surface area contributed by atoms with Gasteiger partial charge in [0.05, 0.1) is 6.61 Å². The van der Waals surface area contributed by atoms with E-state index in [0.29, 0.717) is 6.61 Å². The molecular weight excluding hydrogens is 290 g/mol. The van der Waals surface area contributed by atoms with E-state index >= 15 is 0 Å². The molecule has 124 valence electrons. The molecule has 0 N–H and O–H groups in total. The van der Waals surface area contributed by atoms with Crippen molar-refractivity contribution in [2.24, 2.45) is 0 Å². The van der Waals surface area contributed by atoms with E-state index in [-0.39, 0.29) is 0 Å². The number of anilines is 1. The number of benzene rings is 1. The lowest BCUT2D eigenvalue weighted by Gasteiger charge is -2.36. The topological polar surface area (TPSA) is 41.7 Å². The summed E-state index contributed by atoms with van der Waals surface area (Å²) in [4.78, 5) is 5.02. The number of para-hydroxylation sites is 1. The van der Waals surface area contributed by atoms with Gasteiger partial charge in [0.1, 0.15) is 12.0 Å². The van der Waals surface area contributed by atoms with Crippen LogP contribution < -0.4 is 4.90 Å². The third kappa shape index (κ3) is 5.08. The third-order valence-corrected chi connectivity index (χ3v) is 4.25. The van der Waals surface area contributed by atoms with E-state index in [0.717, 1.165) is 51.4 Å². The molecule has 1 fully saturated rings. The van der Waals surface area contributed by atoms with Gasteiger partial charge < -0.3 is 14.2 Å². The van der Waals surface area contributed by atoms with E-state index in [2.05, 4.69) is 45.3 Å². The van der Waals surface area contributed by atoms with Gasteiger partial charge in [-0.2, -0.15) is 0 Å². The minimum atomic E-state index is 0.548. The Kier molecular flexibility index (Phi) is 6.06. The van der Waals surface area contributed by atoms with Crippen LogP contribution in [0, 0.1) is 0 Å². The van der Waals surface area contributed by atoms with Crippen LogP contribution in [-0.2, 0) is 11.3 Å². The summed E-state index contributed by atoms with van der Waals surface area (Å²) in [6, 6.07) is 12.5. The lowest BCUT2D eigenvalue weighted by Crippen LogP contribution is -2.46. The molecule has 1 aliphatic rings. The first kappa shape index (κ1) is 16.0. The molecule has 2 heterocycles. The predicted octanol–water partition coefficient (Wildman–Crippen LogP) is 2.79. The normalized spacial score (nSPS) is 15.9. The molecular formula is C18H25N3O2. The average molecular weight is 315 g/mol. The maximum absolute atomic E-state index is 5.59. The van der Waals surface area contributed by atoms with Crippen molar-refractivity contribution in [1.82, 2.24) is 10.1 Å². The fourth-order valence-corrected chi connectivity index (χ4v) is 2.90. The number of hydrogen-bond acceptors (Lipinski definition) is 5. The summed E-state index contributed by atoms with van der Waals surface area (Å²) in [7, 11) is 0. The SMILES string of the molecule is c1ccc(N2CCN(CCCCOCc3ccon3)CC2)cc1. The number of nitrogens with zero attached hydrogens (tertiary/aromatic N) is 3. The van der Waals surface area contributed by atoms with Crippen molar-refractivity contribution in [2.45, 2.75) is 19.4 Å². The minimum absolute atomic E-state index is 0.548. The van der Waals surface area contributed by atoms with E-state index in [4.69, 9.17) is 9.26 Å². The van der Waals surface area contributed by atoms with Gasteiger partial charge in [0.25, 0.3) is 0 Å². The van der Waals surface area contributed by atoms with Gasteiger partial charge in [0, 0.05) is 44.5 Å². The summed E-state index contributed by atoms with van der Waals surface area (Å²) in [5, 5.41) is 3.83. The first-order chi connectivity index (χ1) is 11.4. The Morgan fingerprint density at radius 3 is 2.57 bits per heavy atom. The van der Waals surface area contributed by atoms with Gasteiger partial charge in [-0.15, -0.1) is 0 Å². The Morgan fingerprint density at radius 2 is 1.83 bits per heavy atom. The van der Waals surface area contributed by atoms with Crippen LogP contribution in [0.15, 0.2) is 47.2 Å². The molecule has 0 aliphatic carbocycles. The van der Waals surface area contributed by atoms with E-state index in [1.807, 2.05) is 6.07 Å². The molecule has 3 rings (SSSR count). The Hall–Kier alpha value is -1.85. The van der Waals surface area contributed by atoms with Crippen LogP contribution in [0.2, 0.25) is 0 Å². The molecule has 0 bridgehead atoms. The van der Waals surface area contributed by atoms with Crippen molar-refractivity contribution < 1.29 is 9.26 Å². The van der Waals surface area contributed by atoms with E-state index in [1.165, 1.54) is 12.1 Å². The van der Waals surface area contributed by atoms with Gasteiger partial charge in [-0.3, -0.25) is 4.90 Å². The average Bonchev–Trinajstić information content (AvgIpc) is 3.13. The number of ether oxygens (including phenoxy) is 1. The minimum Gasteiger partial charge on any atom is -0.375 e. The van der Waals surface area contributed by atoms with Crippen molar-refractivity contribution in [3.05, 3.63) is 48.4 Å². The zero-order chi connectivity index (χ0) is 15.7. The molecule has 1 aromatic carbocycles. The lowest BCUT2D eigenvalue weighted by atomic mass is 10.2. The Balaban J connectivity index is 1.25. The number of hydrogen-bond donors (Lipinski definition) is 0. The third-order valence-electron chi connectivity index (χ3n) is 4.25. The molecule has 1 aliphatic heterocycles. The number of piperazine rings is 1. The Labute approximate surface area is 137 Å². The molecule has 5 nitrogen and oxygen atoms in total. The molecule has 0 atom stereocenters. The van der Waals surface area contributed by atoms with Gasteiger partial charge in [0.2, 0.25) is 0 Å². The molecule has 0 radical (unpaired) electrons. The van der Waals surface area contributed by atoms with Crippen molar-refractivity contribution in [2.75, 3.05) is 44.2 Å². The smallest absolute Gasteiger partial charge is 0.124 e. The largest absolute Gasteiger partial charge is 0.375 e. The molecule has 1 aromatic heterocycles. The van der Waals surface area contributed by atoms with E-state index in [1.54, 1.807) is 6.26 Å². The number of unbranched alkanes of at least 4 members (excludes halogenated alkanes) is 1. The Bertz CT molecular complexity index is 537.